The summed E-state index contributed by atoms with van der Waals surface area (Å²) in [6.45, 7) is 7.90. The molecule has 21 heavy (non-hydrogen) atoms. The van der Waals surface area contributed by atoms with Gasteiger partial charge < -0.3 is 10.1 Å². The molecule has 2 unspecified atom stereocenters. The van der Waals surface area contributed by atoms with Gasteiger partial charge in [-0.15, -0.1) is 0 Å². The second-order valence-electron chi connectivity index (χ2n) is 5.94. The van der Waals surface area contributed by atoms with Crippen molar-refractivity contribution >= 4 is 0 Å². The highest BCUT2D eigenvalue weighted by atomic mass is 16.5. The van der Waals surface area contributed by atoms with Crippen molar-refractivity contribution in [2.75, 3.05) is 13.7 Å². The molecule has 0 aromatic heterocycles. The predicted molar refractivity (Wildman–Crippen MR) is 92.0 cm³/mol. The zero-order valence-corrected chi connectivity index (χ0v) is 14.3. The van der Waals surface area contributed by atoms with Crippen LogP contribution in [0.4, 0.5) is 0 Å². The van der Waals surface area contributed by atoms with Gasteiger partial charge in [0.05, 0.1) is 7.11 Å². The maximum atomic E-state index is 5.38. The molecule has 0 saturated heterocycles. The number of benzene rings is 1. The van der Waals surface area contributed by atoms with Crippen LogP contribution in [0.15, 0.2) is 24.3 Å². The number of hydrogen-bond donors (Lipinski definition) is 1. The van der Waals surface area contributed by atoms with E-state index in [0.717, 1.165) is 18.2 Å². The molecule has 2 nitrogen and oxygen atoms in total. The Bertz CT molecular complexity index is 378. The molecule has 0 aliphatic heterocycles. The van der Waals surface area contributed by atoms with Gasteiger partial charge in [-0.2, -0.15) is 0 Å². The predicted octanol–water partition coefficient (Wildman–Crippen LogP) is 5.34. The molecular weight excluding hydrogens is 258 g/mol. The van der Waals surface area contributed by atoms with Gasteiger partial charge in [0.15, 0.2) is 0 Å². The first-order chi connectivity index (χ1) is 10.2. The van der Waals surface area contributed by atoms with Gasteiger partial charge in [0.1, 0.15) is 5.75 Å². The number of unbranched alkanes of at least 4 members (excludes halogenated alkanes) is 1. The third-order valence-electron chi connectivity index (χ3n) is 4.25. The largest absolute Gasteiger partial charge is 0.497 e. The van der Waals surface area contributed by atoms with E-state index in [9.17, 15) is 0 Å². The zero-order chi connectivity index (χ0) is 15.5. The molecule has 1 aromatic rings. The Morgan fingerprint density at radius 2 is 1.95 bits per heavy atom. The highest BCUT2D eigenvalue weighted by Crippen LogP contribution is 2.28. The van der Waals surface area contributed by atoms with Gasteiger partial charge >= 0.3 is 0 Å². The third kappa shape index (κ3) is 6.52. The summed E-state index contributed by atoms with van der Waals surface area (Å²) in [4.78, 5) is 0. The molecule has 2 atom stereocenters. The van der Waals surface area contributed by atoms with Gasteiger partial charge in [-0.3, -0.25) is 0 Å². The molecule has 0 aliphatic carbocycles. The third-order valence-corrected chi connectivity index (χ3v) is 4.25. The standard InChI is InChI=1S/C19H33NO/c1-5-8-10-16(7-3)14-19(20-13-6-2)17-11-9-12-18(15-17)21-4/h9,11-12,15-16,19-20H,5-8,10,13-14H2,1-4H3. The van der Waals surface area contributed by atoms with Crippen molar-refractivity contribution in [3.8, 4) is 5.75 Å². The van der Waals surface area contributed by atoms with Crippen LogP contribution >= 0.6 is 0 Å². The minimum absolute atomic E-state index is 0.446. The number of nitrogens with one attached hydrogen (secondary N) is 1. The van der Waals surface area contributed by atoms with Crippen LogP contribution in [-0.4, -0.2) is 13.7 Å². The van der Waals surface area contributed by atoms with Crippen molar-refractivity contribution in [3.63, 3.8) is 0 Å². The fourth-order valence-corrected chi connectivity index (χ4v) is 2.83. The summed E-state index contributed by atoms with van der Waals surface area (Å²) < 4.78 is 5.38. The first-order valence-electron chi connectivity index (χ1n) is 8.62. The Morgan fingerprint density at radius 3 is 2.57 bits per heavy atom. The summed E-state index contributed by atoms with van der Waals surface area (Å²) in [7, 11) is 1.74. The van der Waals surface area contributed by atoms with E-state index in [0.29, 0.717) is 6.04 Å². The second-order valence-corrected chi connectivity index (χ2v) is 5.94. The lowest BCUT2D eigenvalue weighted by Crippen LogP contribution is -2.24. The molecule has 0 spiro atoms. The van der Waals surface area contributed by atoms with Crippen molar-refractivity contribution in [2.24, 2.45) is 5.92 Å². The molecule has 0 amide bonds. The number of ether oxygens (including phenoxy) is 1. The molecule has 1 aromatic carbocycles. The summed E-state index contributed by atoms with van der Waals surface area (Å²) >= 11 is 0. The molecule has 120 valence electrons. The molecule has 0 aliphatic rings. The normalized spacial score (nSPS) is 13.9. The first kappa shape index (κ1) is 18.0. The van der Waals surface area contributed by atoms with Crippen LogP contribution in [0.1, 0.15) is 70.9 Å². The number of methoxy groups -OCH3 is 1. The van der Waals surface area contributed by atoms with Gasteiger partial charge in [0.2, 0.25) is 0 Å². The van der Waals surface area contributed by atoms with E-state index < -0.39 is 0 Å². The Balaban J connectivity index is 2.77. The number of rotatable bonds is 11. The van der Waals surface area contributed by atoms with E-state index in [1.807, 2.05) is 6.07 Å². The van der Waals surface area contributed by atoms with Gasteiger partial charge in [-0.05, 0) is 43.0 Å². The molecule has 0 saturated carbocycles. The SMILES string of the molecule is CCCCC(CC)CC(NCCC)c1cccc(OC)c1. The van der Waals surface area contributed by atoms with Crippen LogP contribution in [0.2, 0.25) is 0 Å². The Hall–Kier alpha value is -1.02. The van der Waals surface area contributed by atoms with Gasteiger partial charge in [-0.25, -0.2) is 0 Å². The monoisotopic (exact) mass is 291 g/mol. The second kappa shape index (κ2) is 10.7. The Morgan fingerprint density at radius 1 is 1.14 bits per heavy atom. The van der Waals surface area contributed by atoms with Crippen LogP contribution in [0.5, 0.6) is 5.75 Å². The molecule has 0 heterocycles. The molecule has 0 fully saturated rings. The number of hydrogen-bond acceptors (Lipinski definition) is 2. The molecule has 0 bridgehead atoms. The lowest BCUT2D eigenvalue weighted by atomic mass is 9.89. The summed E-state index contributed by atoms with van der Waals surface area (Å²) in [5.74, 6) is 1.77. The fraction of sp³-hybridized carbons (Fsp3) is 0.684. The smallest absolute Gasteiger partial charge is 0.119 e. The quantitative estimate of drug-likeness (QED) is 0.594. The summed E-state index contributed by atoms with van der Waals surface area (Å²) in [6, 6.07) is 8.97. The summed E-state index contributed by atoms with van der Waals surface area (Å²) in [5.41, 5.74) is 1.36. The van der Waals surface area contributed by atoms with Crippen LogP contribution in [0.3, 0.4) is 0 Å². The first-order valence-corrected chi connectivity index (χ1v) is 8.62. The average Bonchev–Trinajstić information content (AvgIpc) is 2.54. The van der Waals surface area contributed by atoms with E-state index in [1.54, 1.807) is 7.11 Å². The fourth-order valence-electron chi connectivity index (χ4n) is 2.83. The lowest BCUT2D eigenvalue weighted by molar-refractivity contribution is 0.352. The van der Waals surface area contributed by atoms with Crippen molar-refractivity contribution in [1.29, 1.82) is 0 Å². The maximum absolute atomic E-state index is 5.38. The molecular formula is C19H33NO. The van der Waals surface area contributed by atoms with E-state index in [4.69, 9.17) is 4.74 Å². The van der Waals surface area contributed by atoms with Crippen LogP contribution in [0, 0.1) is 5.92 Å². The van der Waals surface area contributed by atoms with Crippen LogP contribution in [-0.2, 0) is 0 Å². The maximum Gasteiger partial charge on any atom is 0.119 e. The van der Waals surface area contributed by atoms with Crippen LogP contribution < -0.4 is 10.1 Å². The van der Waals surface area contributed by atoms with Crippen molar-refractivity contribution in [3.05, 3.63) is 29.8 Å². The Kier molecular flexibility index (Phi) is 9.16. The van der Waals surface area contributed by atoms with E-state index in [2.05, 4.69) is 44.3 Å². The minimum atomic E-state index is 0.446. The van der Waals surface area contributed by atoms with Gasteiger partial charge in [0.25, 0.3) is 0 Å². The Labute approximate surface area is 131 Å². The van der Waals surface area contributed by atoms with Crippen molar-refractivity contribution in [2.45, 2.75) is 65.3 Å². The summed E-state index contributed by atoms with van der Waals surface area (Å²) in [6.07, 6.45) is 7.66. The summed E-state index contributed by atoms with van der Waals surface area (Å²) in [5, 5.41) is 3.72. The molecule has 1 rings (SSSR count). The van der Waals surface area contributed by atoms with E-state index in [1.165, 1.54) is 44.1 Å². The van der Waals surface area contributed by atoms with E-state index >= 15 is 0 Å². The van der Waals surface area contributed by atoms with E-state index in [-0.39, 0.29) is 0 Å². The molecule has 2 heteroatoms. The van der Waals surface area contributed by atoms with Crippen LogP contribution in [0.25, 0.3) is 0 Å². The highest BCUT2D eigenvalue weighted by molar-refractivity contribution is 5.30. The average molecular weight is 291 g/mol. The van der Waals surface area contributed by atoms with Gasteiger partial charge in [0, 0.05) is 6.04 Å². The topological polar surface area (TPSA) is 21.3 Å². The molecule has 1 N–H and O–H groups in total. The highest BCUT2D eigenvalue weighted by Gasteiger charge is 2.17. The van der Waals surface area contributed by atoms with Gasteiger partial charge in [-0.1, -0.05) is 58.6 Å². The minimum Gasteiger partial charge on any atom is -0.497 e. The zero-order valence-electron chi connectivity index (χ0n) is 14.3. The lowest BCUT2D eigenvalue weighted by Gasteiger charge is -2.24. The van der Waals surface area contributed by atoms with Crippen molar-refractivity contribution in [1.82, 2.24) is 5.32 Å². The van der Waals surface area contributed by atoms with Crippen molar-refractivity contribution < 1.29 is 4.74 Å². The molecule has 0 radical (unpaired) electrons.